The number of pyridine rings is 1. The zero-order valence-electron chi connectivity index (χ0n) is 10.6. The molecule has 0 bridgehead atoms. The first-order valence-electron chi connectivity index (χ1n) is 5.80. The Kier molecular flexibility index (Phi) is 3.56. The lowest BCUT2D eigenvalue weighted by molar-refractivity contribution is 0.302. The van der Waals surface area contributed by atoms with Crippen molar-refractivity contribution in [2.45, 2.75) is 17.4 Å². The Morgan fingerprint density at radius 3 is 2.78 bits per heavy atom. The average molecular weight is 270 g/mol. The summed E-state index contributed by atoms with van der Waals surface area (Å²) in [6.07, 6.45) is 2.33. The van der Waals surface area contributed by atoms with Crippen molar-refractivity contribution in [2.24, 2.45) is 0 Å². The van der Waals surface area contributed by atoms with E-state index in [0.717, 1.165) is 6.42 Å². The van der Waals surface area contributed by atoms with Crippen LogP contribution in [0.5, 0.6) is 0 Å². The van der Waals surface area contributed by atoms with Crippen molar-refractivity contribution in [1.29, 1.82) is 0 Å². The number of anilines is 1. The fourth-order valence-corrected chi connectivity index (χ4v) is 3.67. The van der Waals surface area contributed by atoms with Crippen molar-refractivity contribution >= 4 is 15.8 Å². The van der Waals surface area contributed by atoms with Crippen LogP contribution in [0.4, 0.5) is 5.82 Å². The van der Waals surface area contributed by atoms with Gasteiger partial charge >= 0.3 is 0 Å². The highest BCUT2D eigenvalue weighted by Crippen LogP contribution is 2.25. The van der Waals surface area contributed by atoms with Gasteiger partial charge < -0.3 is 10.6 Å². The molecule has 0 aliphatic carbocycles. The van der Waals surface area contributed by atoms with Crippen molar-refractivity contribution in [1.82, 2.24) is 14.2 Å². The molecule has 100 valence electrons. The SMILES string of the molecule is CN(C)C1CCN(S(=O)(=O)c2cccnc2N)C1. The standard InChI is InChI=1S/C11H18N4O2S/c1-14(2)9-5-7-15(8-9)18(16,17)10-4-3-6-13-11(10)12/h3-4,6,9H,5,7-8H2,1-2H3,(H2,12,13). The molecule has 1 aliphatic rings. The van der Waals surface area contributed by atoms with Crippen molar-refractivity contribution < 1.29 is 8.42 Å². The van der Waals surface area contributed by atoms with E-state index in [-0.39, 0.29) is 16.8 Å². The summed E-state index contributed by atoms with van der Waals surface area (Å²) in [6, 6.07) is 3.35. The summed E-state index contributed by atoms with van der Waals surface area (Å²) < 4.78 is 26.3. The van der Waals surface area contributed by atoms with Crippen LogP contribution in [0.3, 0.4) is 0 Å². The van der Waals surface area contributed by atoms with Gasteiger partial charge in [-0.2, -0.15) is 4.31 Å². The topological polar surface area (TPSA) is 79.5 Å². The van der Waals surface area contributed by atoms with E-state index in [1.807, 2.05) is 19.0 Å². The minimum absolute atomic E-state index is 0.0609. The van der Waals surface area contributed by atoms with Crippen LogP contribution in [0, 0.1) is 0 Å². The Hall–Kier alpha value is -1.18. The summed E-state index contributed by atoms with van der Waals surface area (Å²) >= 11 is 0. The lowest BCUT2D eigenvalue weighted by Crippen LogP contribution is -2.34. The molecule has 1 saturated heterocycles. The van der Waals surface area contributed by atoms with E-state index in [9.17, 15) is 8.42 Å². The molecule has 1 atom stereocenters. The second-order valence-corrected chi connectivity index (χ2v) is 6.56. The fourth-order valence-electron chi connectivity index (χ4n) is 2.11. The molecule has 1 fully saturated rings. The number of sulfonamides is 1. The van der Waals surface area contributed by atoms with Gasteiger partial charge in [0.15, 0.2) is 0 Å². The van der Waals surface area contributed by atoms with E-state index < -0.39 is 10.0 Å². The Morgan fingerprint density at radius 1 is 1.50 bits per heavy atom. The smallest absolute Gasteiger partial charge is 0.246 e. The lowest BCUT2D eigenvalue weighted by Gasteiger charge is -2.20. The molecule has 0 aromatic carbocycles. The van der Waals surface area contributed by atoms with Gasteiger partial charge in [0.2, 0.25) is 10.0 Å². The van der Waals surface area contributed by atoms with Crippen molar-refractivity contribution in [3.63, 3.8) is 0 Å². The number of nitrogen functional groups attached to an aromatic ring is 1. The molecule has 1 unspecified atom stereocenters. The molecule has 2 heterocycles. The van der Waals surface area contributed by atoms with Gasteiger partial charge in [0, 0.05) is 25.3 Å². The van der Waals surface area contributed by atoms with Crippen molar-refractivity contribution in [3.8, 4) is 0 Å². The van der Waals surface area contributed by atoms with Crippen LogP contribution in [-0.2, 0) is 10.0 Å². The minimum Gasteiger partial charge on any atom is -0.383 e. The predicted octanol–water partition coefficient (Wildman–Crippen LogP) is -0.0116. The number of likely N-dealkylation sites (N-methyl/N-ethyl adjacent to an activating group) is 1. The first kappa shape index (κ1) is 13.3. The highest BCUT2D eigenvalue weighted by Gasteiger charge is 2.34. The van der Waals surface area contributed by atoms with Crippen LogP contribution in [0.1, 0.15) is 6.42 Å². The van der Waals surface area contributed by atoms with Crippen LogP contribution < -0.4 is 5.73 Å². The molecule has 7 heteroatoms. The molecule has 18 heavy (non-hydrogen) atoms. The maximum Gasteiger partial charge on any atom is 0.246 e. The molecule has 0 spiro atoms. The molecule has 0 radical (unpaired) electrons. The fraction of sp³-hybridized carbons (Fsp3) is 0.545. The summed E-state index contributed by atoms with van der Waals surface area (Å²) in [5, 5.41) is 0. The van der Waals surface area contributed by atoms with Crippen LogP contribution >= 0.6 is 0 Å². The van der Waals surface area contributed by atoms with E-state index >= 15 is 0 Å². The second-order valence-electron chi connectivity index (χ2n) is 4.66. The molecule has 0 saturated carbocycles. The maximum absolute atomic E-state index is 12.4. The highest BCUT2D eigenvalue weighted by molar-refractivity contribution is 7.89. The third-order valence-electron chi connectivity index (χ3n) is 3.27. The molecule has 6 nitrogen and oxygen atoms in total. The van der Waals surface area contributed by atoms with Gasteiger partial charge in [-0.25, -0.2) is 13.4 Å². The molecule has 2 N–H and O–H groups in total. The first-order chi connectivity index (χ1) is 8.43. The Morgan fingerprint density at radius 2 is 2.22 bits per heavy atom. The van der Waals surface area contributed by atoms with Crippen LogP contribution in [0.15, 0.2) is 23.2 Å². The Labute approximate surface area is 107 Å². The van der Waals surface area contributed by atoms with Gasteiger partial charge in [-0.05, 0) is 32.6 Å². The number of aromatic nitrogens is 1. The second kappa shape index (κ2) is 4.83. The summed E-state index contributed by atoms with van der Waals surface area (Å²) in [5.41, 5.74) is 5.64. The largest absolute Gasteiger partial charge is 0.383 e. The van der Waals surface area contributed by atoms with Crippen molar-refractivity contribution in [3.05, 3.63) is 18.3 Å². The zero-order chi connectivity index (χ0) is 13.3. The van der Waals surface area contributed by atoms with Gasteiger partial charge in [-0.1, -0.05) is 0 Å². The summed E-state index contributed by atoms with van der Waals surface area (Å²) in [7, 11) is 0.398. The third kappa shape index (κ3) is 2.33. The molecule has 0 amide bonds. The number of hydrogen-bond donors (Lipinski definition) is 1. The predicted molar refractivity (Wildman–Crippen MR) is 69.5 cm³/mol. The molecule has 1 aromatic heterocycles. The van der Waals surface area contributed by atoms with E-state index in [1.54, 1.807) is 6.07 Å². The van der Waals surface area contributed by atoms with E-state index in [4.69, 9.17) is 5.73 Å². The van der Waals surface area contributed by atoms with E-state index in [2.05, 4.69) is 4.98 Å². The normalized spacial score (nSPS) is 21.6. The summed E-state index contributed by atoms with van der Waals surface area (Å²) in [4.78, 5) is 5.98. The van der Waals surface area contributed by atoms with Crippen LogP contribution in [0.2, 0.25) is 0 Å². The number of hydrogen-bond acceptors (Lipinski definition) is 5. The van der Waals surface area contributed by atoms with Gasteiger partial charge in [-0.15, -0.1) is 0 Å². The third-order valence-corrected chi connectivity index (χ3v) is 5.19. The number of nitrogens with zero attached hydrogens (tertiary/aromatic N) is 3. The minimum atomic E-state index is -3.52. The van der Waals surface area contributed by atoms with Gasteiger partial charge in [0.1, 0.15) is 10.7 Å². The summed E-state index contributed by atoms with van der Waals surface area (Å²) in [6.45, 7) is 1.03. The van der Waals surface area contributed by atoms with Gasteiger partial charge in [-0.3, -0.25) is 0 Å². The molecule has 1 aliphatic heterocycles. The molecule has 2 rings (SSSR count). The molecular weight excluding hydrogens is 252 g/mol. The summed E-state index contributed by atoms with van der Waals surface area (Å²) in [5.74, 6) is 0.0609. The Balaban J connectivity index is 2.26. The van der Waals surface area contributed by atoms with Crippen LogP contribution in [-0.4, -0.2) is 55.8 Å². The Bertz CT molecular complexity index is 530. The van der Waals surface area contributed by atoms with Crippen LogP contribution in [0.25, 0.3) is 0 Å². The van der Waals surface area contributed by atoms with Crippen molar-refractivity contribution in [2.75, 3.05) is 32.9 Å². The zero-order valence-corrected chi connectivity index (χ0v) is 11.4. The van der Waals surface area contributed by atoms with Gasteiger partial charge in [0.25, 0.3) is 0 Å². The van der Waals surface area contributed by atoms with E-state index in [0.29, 0.717) is 13.1 Å². The number of rotatable bonds is 3. The van der Waals surface area contributed by atoms with E-state index in [1.165, 1.54) is 16.6 Å². The number of nitrogens with two attached hydrogens (primary N) is 1. The quantitative estimate of drug-likeness (QED) is 0.835. The maximum atomic E-state index is 12.4. The monoisotopic (exact) mass is 270 g/mol. The molecular formula is C11H18N4O2S. The lowest BCUT2D eigenvalue weighted by atomic mass is 10.2. The van der Waals surface area contributed by atoms with Gasteiger partial charge in [0.05, 0.1) is 0 Å². The highest BCUT2D eigenvalue weighted by atomic mass is 32.2. The molecule has 1 aromatic rings. The average Bonchev–Trinajstić information content (AvgIpc) is 2.79. The first-order valence-corrected chi connectivity index (χ1v) is 7.24.